The van der Waals surface area contributed by atoms with Crippen molar-refractivity contribution < 1.29 is 14.4 Å². The lowest BCUT2D eigenvalue weighted by molar-refractivity contribution is -0.137. The van der Waals surface area contributed by atoms with Gasteiger partial charge >= 0.3 is 0 Å². The minimum absolute atomic E-state index is 0.0112. The van der Waals surface area contributed by atoms with Crippen molar-refractivity contribution in [2.24, 2.45) is 11.8 Å². The number of ketones is 1. The summed E-state index contributed by atoms with van der Waals surface area (Å²) in [4.78, 5) is 42.3. The van der Waals surface area contributed by atoms with Crippen molar-refractivity contribution >= 4 is 17.6 Å². The highest BCUT2D eigenvalue weighted by Gasteiger charge is 2.43. The van der Waals surface area contributed by atoms with E-state index in [0.29, 0.717) is 50.1 Å². The monoisotopic (exact) mass is 501 g/mol. The first-order chi connectivity index (χ1) is 17.4. The Morgan fingerprint density at radius 2 is 1.44 bits per heavy atom. The predicted octanol–water partition coefficient (Wildman–Crippen LogP) is 5.28. The predicted molar refractivity (Wildman–Crippen MR) is 144 cm³/mol. The van der Waals surface area contributed by atoms with E-state index in [1.165, 1.54) is 64.2 Å². The Morgan fingerprint density at radius 3 is 2.11 bits per heavy atom. The SMILES string of the molecule is CC1CCC(NC(=O)C2(NC(=O)CCC3CCCCC3)CCCCC2)C(=O)CN1CC1CCCCC1. The molecule has 6 nitrogen and oxygen atoms in total. The normalized spacial score (nSPS) is 28.9. The number of amides is 2. The van der Waals surface area contributed by atoms with Crippen molar-refractivity contribution in [2.75, 3.05) is 13.1 Å². The average molecular weight is 502 g/mol. The fourth-order valence-electron chi connectivity index (χ4n) is 7.32. The summed E-state index contributed by atoms with van der Waals surface area (Å²) in [6, 6.07) is -0.0739. The van der Waals surface area contributed by atoms with Crippen LogP contribution in [0.25, 0.3) is 0 Å². The molecule has 0 radical (unpaired) electrons. The molecule has 2 atom stereocenters. The highest BCUT2D eigenvalue weighted by Crippen LogP contribution is 2.31. The molecule has 0 aromatic rings. The van der Waals surface area contributed by atoms with Crippen LogP contribution in [0.3, 0.4) is 0 Å². The van der Waals surface area contributed by atoms with Crippen molar-refractivity contribution in [2.45, 2.75) is 147 Å². The Hall–Kier alpha value is -1.43. The molecule has 1 heterocycles. The summed E-state index contributed by atoms with van der Waals surface area (Å²) in [6.07, 6.45) is 20.3. The molecule has 36 heavy (non-hydrogen) atoms. The Morgan fingerprint density at radius 1 is 0.833 bits per heavy atom. The lowest BCUT2D eigenvalue weighted by Gasteiger charge is -2.37. The van der Waals surface area contributed by atoms with E-state index in [-0.39, 0.29) is 17.6 Å². The molecule has 0 aromatic carbocycles. The molecule has 6 heteroatoms. The molecule has 4 rings (SSSR count). The molecular weight excluding hydrogens is 450 g/mol. The van der Waals surface area contributed by atoms with Gasteiger partial charge in [-0.15, -0.1) is 0 Å². The first-order valence-electron chi connectivity index (χ1n) is 15.3. The van der Waals surface area contributed by atoms with Crippen LogP contribution in [0.5, 0.6) is 0 Å². The maximum atomic E-state index is 13.7. The van der Waals surface area contributed by atoms with Gasteiger partial charge in [0.2, 0.25) is 11.8 Å². The van der Waals surface area contributed by atoms with Gasteiger partial charge in [-0.3, -0.25) is 19.3 Å². The van der Waals surface area contributed by atoms with E-state index in [0.717, 1.165) is 38.6 Å². The van der Waals surface area contributed by atoms with Crippen molar-refractivity contribution in [3.8, 4) is 0 Å². The van der Waals surface area contributed by atoms with E-state index >= 15 is 0 Å². The molecule has 4 aliphatic rings. The Kier molecular flexibility index (Phi) is 10.3. The van der Waals surface area contributed by atoms with E-state index in [9.17, 15) is 14.4 Å². The standard InChI is InChI=1S/C30H51N3O3/c1-23-15-17-26(27(34)22-33(23)21-25-13-7-3-8-14-25)31-29(36)30(19-9-4-10-20-30)32-28(35)18-16-24-11-5-2-6-12-24/h23-26H,2-22H2,1H3,(H,31,36)(H,32,35). The minimum Gasteiger partial charge on any atom is -0.344 e. The van der Waals surface area contributed by atoms with Crippen LogP contribution in [0.4, 0.5) is 0 Å². The lowest BCUT2D eigenvalue weighted by atomic mass is 9.80. The topological polar surface area (TPSA) is 78.5 Å². The maximum absolute atomic E-state index is 13.7. The second-order valence-corrected chi connectivity index (χ2v) is 12.6. The molecule has 2 amide bonds. The van der Waals surface area contributed by atoms with Gasteiger partial charge in [-0.25, -0.2) is 0 Å². The Bertz CT molecular complexity index is 736. The minimum atomic E-state index is -0.845. The van der Waals surface area contributed by atoms with E-state index in [2.05, 4.69) is 22.5 Å². The summed E-state index contributed by atoms with van der Waals surface area (Å²) < 4.78 is 0. The number of nitrogens with zero attached hydrogens (tertiary/aromatic N) is 1. The molecule has 2 unspecified atom stereocenters. The van der Waals surface area contributed by atoms with E-state index < -0.39 is 11.6 Å². The van der Waals surface area contributed by atoms with Crippen LogP contribution in [0.15, 0.2) is 0 Å². The van der Waals surface area contributed by atoms with Crippen molar-refractivity contribution in [3.63, 3.8) is 0 Å². The fourth-order valence-corrected chi connectivity index (χ4v) is 7.32. The first-order valence-corrected chi connectivity index (χ1v) is 15.3. The number of hydrogen-bond donors (Lipinski definition) is 2. The molecular formula is C30H51N3O3. The van der Waals surface area contributed by atoms with Crippen LogP contribution in [-0.2, 0) is 14.4 Å². The van der Waals surface area contributed by atoms with Gasteiger partial charge in [-0.2, -0.15) is 0 Å². The molecule has 1 aliphatic heterocycles. The molecule has 3 aliphatic carbocycles. The van der Waals surface area contributed by atoms with Crippen LogP contribution in [0.2, 0.25) is 0 Å². The number of Topliss-reactive ketones (excluding diaryl/α,β-unsaturated/α-hetero) is 1. The number of likely N-dealkylation sites (tertiary alicyclic amines) is 1. The molecule has 0 spiro atoms. The fraction of sp³-hybridized carbons (Fsp3) is 0.900. The molecule has 204 valence electrons. The zero-order valence-electron chi connectivity index (χ0n) is 22.8. The van der Waals surface area contributed by atoms with Gasteiger partial charge in [0.1, 0.15) is 5.54 Å². The van der Waals surface area contributed by atoms with Crippen LogP contribution in [-0.4, -0.2) is 53.2 Å². The Labute approximate surface area is 219 Å². The summed E-state index contributed by atoms with van der Waals surface area (Å²) in [5, 5.41) is 6.34. The summed E-state index contributed by atoms with van der Waals surface area (Å²) in [6.45, 7) is 3.67. The summed E-state index contributed by atoms with van der Waals surface area (Å²) in [7, 11) is 0. The van der Waals surface area contributed by atoms with Gasteiger partial charge < -0.3 is 10.6 Å². The molecule has 0 aromatic heterocycles. The zero-order chi connectivity index (χ0) is 25.4. The van der Waals surface area contributed by atoms with Gasteiger partial charge in [0, 0.05) is 19.0 Å². The van der Waals surface area contributed by atoms with Crippen molar-refractivity contribution in [3.05, 3.63) is 0 Å². The second kappa shape index (κ2) is 13.4. The third kappa shape index (κ3) is 7.55. The number of rotatable bonds is 8. The summed E-state index contributed by atoms with van der Waals surface area (Å²) in [5.41, 5.74) is -0.845. The molecule has 2 N–H and O–H groups in total. The van der Waals surface area contributed by atoms with Crippen LogP contribution in [0, 0.1) is 11.8 Å². The van der Waals surface area contributed by atoms with Gasteiger partial charge in [0.25, 0.3) is 0 Å². The summed E-state index contributed by atoms with van der Waals surface area (Å²) >= 11 is 0. The molecule has 4 fully saturated rings. The van der Waals surface area contributed by atoms with Gasteiger partial charge in [-0.1, -0.05) is 70.6 Å². The highest BCUT2D eigenvalue weighted by molar-refractivity contribution is 5.96. The lowest BCUT2D eigenvalue weighted by Crippen LogP contribution is -2.62. The van der Waals surface area contributed by atoms with Crippen LogP contribution in [0.1, 0.15) is 129 Å². The van der Waals surface area contributed by atoms with Crippen molar-refractivity contribution in [1.82, 2.24) is 15.5 Å². The Balaban J connectivity index is 1.33. The number of carbonyl (C=O) groups excluding carboxylic acids is 3. The number of carbonyl (C=O) groups is 3. The van der Waals surface area contributed by atoms with Gasteiger partial charge in [0.15, 0.2) is 5.78 Å². The van der Waals surface area contributed by atoms with Gasteiger partial charge in [0.05, 0.1) is 12.6 Å². The first kappa shape index (κ1) is 27.6. The highest BCUT2D eigenvalue weighted by atomic mass is 16.2. The maximum Gasteiger partial charge on any atom is 0.246 e. The van der Waals surface area contributed by atoms with E-state index in [1.54, 1.807) is 0 Å². The molecule has 1 saturated heterocycles. The third-order valence-electron chi connectivity index (χ3n) is 9.79. The number of nitrogens with one attached hydrogen (secondary N) is 2. The molecule has 0 bridgehead atoms. The largest absolute Gasteiger partial charge is 0.344 e. The van der Waals surface area contributed by atoms with Crippen LogP contribution < -0.4 is 10.6 Å². The van der Waals surface area contributed by atoms with Crippen molar-refractivity contribution in [1.29, 1.82) is 0 Å². The zero-order valence-corrected chi connectivity index (χ0v) is 22.8. The summed E-state index contributed by atoms with van der Waals surface area (Å²) in [5.74, 6) is 1.38. The van der Waals surface area contributed by atoms with Crippen LogP contribution >= 0.6 is 0 Å². The number of hydrogen-bond acceptors (Lipinski definition) is 4. The quantitative estimate of drug-likeness (QED) is 0.474. The second-order valence-electron chi connectivity index (χ2n) is 12.6. The molecule has 3 saturated carbocycles. The van der Waals surface area contributed by atoms with E-state index in [1.807, 2.05) is 0 Å². The van der Waals surface area contributed by atoms with Gasteiger partial charge in [-0.05, 0) is 63.7 Å². The third-order valence-corrected chi connectivity index (χ3v) is 9.79. The van der Waals surface area contributed by atoms with E-state index in [4.69, 9.17) is 0 Å². The smallest absolute Gasteiger partial charge is 0.246 e. The average Bonchev–Trinajstić information content (AvgIpc) is 3.02.